The van der Waals surface area contributed by atoms with Gasteiger partial charge in [0.1, 0.15) is 5.82 Å². The summed E-state index contributed by atoms with van der Waals surface area (Å²) in [5.74, 6) is 2.93. The molecule has 0 radical (unpaired) electrons. The van der Waals surface area contributed by atoms with Gasteiger partial charge in [0.15, 0.2) is 16.6 Å². The molecule has 1 fully saturated rings. The first-order valence-electron chi connectivity index (χ1n) is 11.2. The van der Waals surface area contributed by atoms with Crippen LogP contribution >= 0.6 is 12.2 Å². The SMILES string of the molecule is COc1ccc(CCNC(=S)N2CCCC(c3nc4cc(C)c(C)cc4[nH]3)C2)cc1OC. The van der Waals surface area contributed by atoms with Crippen LogP contribution in [-0.2, 0) is 6.42 Å². The lowest BCUT2D eigenvalue weighted by atomic mass is 9.98. The normalized spacial score (nSPS) is 16.2. The molecule has 1 saturated heterocycles. The highest BCUT2D eigenvalue weighted by atomic mass is 32.1. The second-order valence-corrected chi connectivity index (χ2v) is 8.92. The maximum absolute atomic E-state index is 5.72. The summed E-state index contributed by atoms with van der Waals surface area (Å²) in [6.45, 7) is 6.93. The number of H-pyrrole nitrogens is 1. The minimum atomic E-state index is 0.363. The number of benzene rings is 2. The summed E-state index contributed by atoms with van der Waals surface area (Å²) < 4.78 is 10.7. The number of thiocarbonyl (C=S) groups is 1. The molecule has 2 N–H and O–H groups in total. The minimum absolute atomic E-state index is 0.363. The third-order valence-electron chi connectivity index (χ3n) is 6.35. The molecular weight excluding hydrogens is 420 g/mol. The van der Waals surface area contributed by atoms with E-state index in [2.05, 4.69) is 47.2 Å². The Labute approximate surface area is 195 Å². The van der Waals surface area contributed by atoms with Crippen molar-refractivity contribution < 1.29 is 9.47 Å². The Morgan fingerprint density at radius 3 is 2.72 bits per heavy atom. The summed E-state index contributed by atoms with van der Waals surface area (Å²) in [6.07, 6.45) is 3.10. The van der Waals surface area contributed by atoms with E-state index in [0.717, 1.165) is 72.4 Å². The Bertz CT molecular complexity index is 1070. The first-order valence-corrected chi connectivity index (χ1v) is 11.6. The van der Waals surface area contributed by atoms with Crippen LogP contribution in [0.4, 0.5) is 0 Å². The topological polar surface area (TPSA) is 62.4 Å². The van der Waals surface area contributed by atoms with E-state index in [1.54, 1.807) is 14.2 Å². The predicted molar refractivity (Wildman–Crippen MR) is 133 cm³/mol. The van der Waals surface area contributed by atoms with E-state index in [1.165, 1.54) is 16.7 Å². The molecule has 7 heteroatoms. The number of nitrogens with zero attached hydrogens (tertiary/aromatic N) is 2. The fourth-order valence-corrected chi connectivity index (χ4v) is 4.60. The fourth-order valence-electron chi connectivity index (χ4n) is 4.33. The van der Waals surface area contributed by atoms with Crippen molar-refractivity contribution in [2.24, 2.45) is 0 Å². The van der Waals surface area contributed by atoms with Crippen LogP contribution in [0.25, 0.3) is 11.0 Å². The van der Waals surface area contributed by atoms with Crippen molar-refractivity contribution >= 4 is 28.4 Å². The highest BCUT2D eigenvalue weighted by Gasteiger charge is 2.25. The number of ether oxygens (including phenoxy) is 2. The minimum Gasteiger partial charge on any atom is -0.493 e. The number of nitrogens with one attached hydrogen (secondary N) is 2. The molecule has 0 aliphatic carbocycles. The smallest absolute Gasteiger partial charge is 0.168 e. The monoisotopic (exact) mass is 452 g/mol. The molecule has 2 heterocycles. The van der Waals surface area contributed by atoms with Crippen molar-refractivity contribution in [1.82, 2.24) is 20.2 Å². The van der Waals surface area contributed by atoms with Gasteiger partial charge in [0, 0.05) is 25.6 Å². The van der Waals surface area contributed by atoms with Gasteiger partial charge in [-0.05, 0) is 86.3 Å². The first kappa shape index (κ1) is 22.4. The lowest BCUT2D eigenvalue weighted by Crippen LogP contribution is -2.45. The number of fused-ring (bicyclic) bond motifs is 1. The molecule has 1 atom stereocenters. The average molecular weight is 453 g/mol. The number of hydrogen-bond donors (Lipinski definition) is 2. The number of aromatic nitrogens is 2. The van der Waals surface area contributed by atoms with Gasteiger partial charge in [0.25, 0.3) is 0 Å². The molecule has 0 saturated carbocycles. The molecule has 3 aromatic rings. The number of aromatic amines is 1. The number of imidazole rings is 1. The second kappa shape index (κ2) is 9.77. The van der Waals surface area contributed by atoms with Crippen LogP contribution in [-0.4, -0.2) is 53.8 Å². The zero-order valence-corrected chi connectivity index (χ0v) is 20.1. The lowest BCUT2D eigenvalue weighted by molar-refractivity contribution is 0.300. The van der Waals surface area contributed by atoms with Crippen LogP contribution in [0.2, 0.25) is 0 Å². The van der Waals surface area contributed by atoms with Gasteiger partial charge in [-0.25, -0.2) is 4.98 Å². The molecule has 6 nitrogen and oxygen atoms in total. The second-order valence-electron chi connectivity index (χ2n) is 8.53. The standard InChI is InChI=1S/C25H32N4O2S/c1-16-12-20-21(13-17(16)2)28-24(27-20)19-6-5-11-29(15-19)25(32)26-10-9-18-7-8-22(30-3)23(14-18)31-4/h7-8,12-14,19H,5-6,9-11,15H2,1-4H3,(H,26,32)(H,27,28). The van der Waals surface area contributed by atoms with Gasteiger partial charge in [-0.1, -0.05) is 6.07 Å². The lowest BCUT2D eigenvalue weighted by Gasteiger charge is -2.33. The van der Waals surface area contributed by atoms with E-state index >= 15 is 0 Å². The molecule has 0 spiro atoms. The van der Waals surface area contributed by atoms with Crippen LogP contribution < -0.4 is 14.8 Å². The van der Waals surface area contributed by atoms with E-state index in [-0.39, 0.29) is 0 Å². The highest BCUT2D eigenvalue weighted by Crippen LogP contribution is 2.29. The van der Waals surface area contributed by atoms with Crippen molar-refractivity contribution in [2.45, 2.75) is 39.0 Å². The molecule has 1 aliphatic heterocycles. The molecule has 170 valence electrons. The number of methoxy groups -OCH3 is 2. The van der Waals surface area contributed by atoms with Crippen LogP contribution in [0.3, 0.4) is 0 Å². The number of hydrogen-bond acceptors (Lipinski definition) is 4. The van der Waals surface area contributed by atoms with E-state index in [4.69, 9.17) is 26.7 Å². The zero-order valence-electron chi connectivity index (χ0n) is 19.3. The summed E-state index contributed by atoms with van der Waals surface area (Å²) >= 11 is 5.72. The number of aryl methyl sites for hydroxylation is 2. The Hall–Kier alpha value is -2.80. The van der Waals surface area contributed by atoms with Crippen molar-refractivity contribution in [3.63, 3.8) is 0 Å². The molecule has 1 unspecified atom stereocenters. The number of likely N-dealkylation sites (tertiary alicyclic amines) is 1. The molecule has 4 rings (SSSR count). The molecule has 1 aromatic heterocycles. The molecular formula is C25H32N4O2S. The van der Waals surface area contributed by atoms with Gasteiger partial charge in [-0.15, -0.1) is 0 Å². The molecule has 1 aliphatic rings. The van der Waals surface area contributed by atoms with Crippen molar-refractivity contribution in [3.05, 3.63) is 52.8 Å². The Morgan fingerprint density at radius 1 is 1.16 bits per heavy atom. The van der Waals surface area contributed by atoms with Gasteiger partial charge in [-0.3, -0.25) is 0 Å². The van der Waals surface area contributed by atoms with Gasteiger partial charge in [-0.2, -0.15) is 0 Å². The van der Waals surface area contributed by atoms with Crippen LogP contribution in [0.1, 0.15) is 41.3 Å². The first-order chi connectivity index (χ1) is 15.5. The van der Waals surface area contributed by atoms with E-state index < -0.39 is 0 Å². The summed E-state index contributed by atoms with van der Waals surface area (Å²) in [6, 6.07) is 10.4. The van der Waals surface area contributed by atoms with E-state index in [0.29, 0.717) is 5.92 Å². The summed E-state index contributed by atoms with van der Waals surface area (Å²) in [4.78, 5) is 10.7. The van der Waals surface area contributed by atoms with Crippen LogP contribution in [0, 0.1) is 13.8 Å². The Balaban J connectivity index is 1.34. The third-order valence-corrected chi connectivity index (χ3v) is 6.75. The quantitative estimate of drug-likeness (QED) is 0.537. The predicted octanol–water partition coefficient (Wildman–Crippen LogP) is 4.49. The average Bonchev–Trinajstić information content (AvgIpc) is 3.22. The van der Waals surface area contributed by atoms with Crippen LogP contribution in [0.5, 0.6) is 11.5 Å². The molecule has 0 amide bonds. The highest BCUT2D eigenvalue weighted by molar-refractivity contribution is 7.80. The van der Waals surface area contributed by atoms with E-state index in [1.807, 2.05) is 12.1 Å². The number of piperidine rings is 1. The number of rotatable bonds is 6. The summed E-state index contributed by atoms with van der Waals surface area (Å²) in [5.41, 5.74) is 5.92. The maximum atomic E-state index is 5.72. The fraction of sp³-hybridized carbons (Fsp3) is 0.440. The molecule has 32 heavy (non-hydrogen) atoms. The molecule has 0 bridgehead atoms. The van der Waals surface area contributed by atoms with Crippen molar-refractivity contribution in [1.29, 1.82) is 0 Å². The zero-order chi connectivity index (χ0) is 22.7. The largest absolute Gasteiger partial charge is 0.493 e. The van der Waals surface area contributed by atoms with Crippen LogP contribution in [0.15, 0.2) is 30.3 Å². The van der Waals surface area contributed by atoms with Gasteiger partial charge >= 0.3 is 0 Å². The third kappa shape index (κ3) is 4.83. The van der Waals surface area contributed by atoms with Gasteiger partial charge < -0.3 is 24.7 Å². The Morgan fingerprint density at radius 2 is 1.94 bits per heavy atom. The summed E-state index contributed by atoms with van der Waals surface area (Å²) in [5, 5.41) is 4.25. The van der Waals surface area contributed by atoms with Crippen molar-refractivity contribution in [3.8, 4) is 11.5 Å². The Kier molecular flexibility index (Phi) is 6.84. The van der Waals surface area contributed by atoms with Gasteiger partial charge in [0.05, 0.1) is 25.3 Å². The maximum Gasteiger partial charge on any atom is 0.168 e. The molecule has 2 aromatic carbocycles. The van der Waals surface area contributed by atoms with E-state index in [9.17, 15) is 0 Å². The van der Waals surface area contributed by atoms with Crippen molar-refractivity contribution in [2.75, 3.05) is 33.9 Å². The van der Waals surface area contributed by atoms with Gasteiger partial charge in [0.2, 0.25) is 0 Å². The summed E-state index contributed by atoms with van der Waals surface area (Å²) in [7, 11) is 3.31.